The first-order valence-electron chi connectivity index (χ1n) is 5.69. The number of likely N-dealkylation sites (tertiary alicyclic amines) is 1. The van der Waals surface area contributed by atoms with Crippen molar-refractivity contribution in [2.24, 2.45) is 17.8 Å². The molecular weight excluding hydrogens is 174 g/mol. The first-order valence-corrected chi connectivity index (χ1v) is 5.69. The third-order valence-electron chi connectivity index (χ3n) is 3.82. The van der Waals surface area contributed by atoms with Crippen LogP contribution in [0.4, 0.5) is 0 Å². The predicted molar refractivity (Wildman–Crippen MR) is 59.2 cm³/mol. The van der Waals surface area contributed by atoms with Crippen molar-refractivity contribution in [3.05, 3.63) is 0 Å². The van der Waals surface area contributed by atoms with Crippen molar-refractivity contribution in [3.8, 4) is 0 Å². The Morgan fingerprint density at radius 1 is 1.36 bits per heavy atom. The van der Waals surface area contributed by atoms with Gasteiger partial charge in [-0.1, -0.05) is 20.8 Å². The number of piperidine rings is 1. The summed E-state index contributed by atoms with van der Waals surface area (Å²) in [6.07, 6.45) is 1.04. The largest absolute Gasteiger partial charge is 0.303 e. The van der Waals surface area contributed by atoms with Gasteiger partial charge in [-0.3, -0.25) is 4.79 Å². The van der Waals surface area contributed by atoms with Gasteiger partial charge < -0.3 is 4.90 Å². The highest BCUT2D eigenvalue weighted by atomic mass is 16.1. The smallest absolute Gasteiger partial charge is 0.138 e. The lowest BCUT2D eigenvalue weighted by Crippen LogP contribution is -2.47. The Balaban J connectivity index is 2.68. The monoisotopic (exact) mass is 197 g/mol. The van der Waals surface area contributed by atoms with Crippen molar-refractivity contribution >= 4 is 5.78 Å². The van der Waals surface area contributed by atoms with E-state index in [0.717, 1.165) is 13.0 Å². The SMILES string of the molecule is CC(C)C(=O)C1CCN(C)C(C)C1C. The van der Waals surface area contributed by atoms with Gasteiger partial charge in [0.25, 0.3) is 0 Å². The van der Waals surface area contributed by atoms with Crippen LogP contribution in [-0.4, -0.2) is 30.3 Å². The average Bonchev–Trinajstić information content (AvgIpc) is 2.13. The van der Waals surface area contributed by atoms with Gasteiger partial charge in [0.05, 0.1) is 0 Å². The van der Waals surface area contributed by atoms with Crippen molar-refractivity contribution in [1.29, 1.82) is 0 Å². The Morgan fingerprint density at radius 2 is 1.93 bits per heavy atom. The number of carbonyl (C=O) groups is 1. The van der Waals surface area contributed by atoms with E-state index >= 15 is 0 Å². The van der Waals surface area contributed by atoms with Gasteiger partial charge in [0.2, 0.25) is 0 Å². The summed E-state index contributed by atoms with van der Waals surface area (Å²) in [5.74, 6) is 1.44. The normalized spacial score (nSPS) is 34.9. The Hall–Kier alpha value is -0.370. The third-order valence-corrected chi connectivity index (χ3v) is 3.82. The molecule has 0 spiro atoms. The molecule has 0 saturated carbocycles. The Morgan fingerprint density at radius 3 is 2.43 bits per heavy atom. The number of hydrogen-bond donors (Lipinski definition) is 0. The quantitative estimate of drug-likeness (QED) is 0.676. The molecule has 3 atom stereocenters. The maximum absolute atomic E-state index is 11.9. The van der Waals surface area contributed by atoms with Crippen LogP contribution in [0.2, 0.25) is 0 Å². The second-order valence-corrected chi connectivity index (χ2v) is 5.03. The third kappa shape index (κ3) is 2.17. The van der Waals surface area contributed by atoms with Crippen molar-refractivity contribution in [3.63, 3.8) is 0 Å². The van der Waals surface area contributed by atoms with Crippen LogP contribution in [0.25, 0.3) is 0 Å². The highest BCUT2D eigenvalue weighted by molar-refractivity contribution is 5.83. The Bertz CT molecular complexity index is 212. The molecule has 1 aliphatic rings. The molecule has 1 fully saturated rings. The number of hydrogen-bond acceptors (Lipinski definition) is 2. The number of nitrogens with zero attached hydrogens (tertiary/aromatic N) is 1. The van der Waals surface area contributed by atoms with E-state index in [1.807, 2.05) is 13.8 Å². The van der Waals surface area contributed by atoms with Crippen LogP contribution in [0.1, 0.15) is 34.1 Å². The van der Waals surface area contributed by atoms with Gasteiger partial charge in [0.15, 0.2) is 0 Å². The second-order valence-electron chi connectivity index (χ2n) is 5.03. The van der Waals surface area contributed by atoms with E-state index in [2.05, 4.69) is 25.8 Å². The fourth-order valence-corrected chi connectivity index (χ4v) is 2.38. The summed E-state index contributed by atoms with van der Waals surface area (Å²) in [7, 11) is 2.15. The molecule has 0 N–H and O–H groups in total. The average molecular weight is 197 g/mol. The minimum Gasteiger partial charge on any atom is -0.303 e. The molecule has 0 amide bonds. The number of carbonyl (C=O) groups excluding carboxylic acids is 1. The van der Waals surface area contributed by atoms with Gasteiger partial charge in [-0.2, -0.15) is 0 Å². The van der Waals surface area contributed by atoms with Crippen molar-refractivity contribution in [1.82, 2.24) is 4.90 Å². The summed E-state index contributed by atoms with van der Waals surface area (Å²) >= 11 is 0. The molecule has 1 heterocycles. The number of ketones is 1. The van der Waals surface area contributed by atoms with Gasteiger partial charge in [0, 0.05) is 17.9 Å². The lowest BCUT2D eigenvalue weighted by atomic mass is 9.76. The molecule has 0 aliphatic carbocycles. The highest BCUT2D eigenvalue weighted by Crippen LogP contribution is 2.30. The number of Topliss-reactive ketones (excluding diaryl/α,β-unsaturated/α-hetero) is 1. The van der Waals surface area contributed by atoms with Crippen LogP contribution in [-0.2, 0) is 4.79 Å². The summed E-state index contributed by atoms with van der Waals surface area (Å²) in [4.78, 5) is 14.3. The van der Waals surface area contributed by atoms with Crippen LogP contribution < -0.4 is 0 Å². The molecule has 82 valence electrons. The number of rotatable bonds is 2. The zero-order chi connectivity index (χ0) is 10.9. The van der Waals surface area contributed by atoms with Gasteiger partial charge in [-0.05, 0) is 32.9 Å². The maximum Gasteiger partial charge on any atom is 0.138 e. The molecule has 0 aromatic carbocycles. The Kier molecular flexibility index (Phi) is 3.71. The molecule has 0 aromatic rings. The van der Waals surface area contributed by atoms with Crippen LogP contribution in [0.5, 0.6) is 0 Å². The van der Waals surface area contributed by atoms with E-state index in [-0.39, 0.29) is 5.92 Å². The lowest BCUT2D eigenvalue weighted by molar-refractivity contribution is -0.130. The summed E-state index contributed by atoms with van der Waals surface area (Å²) < 4.78 is 0. The molecule has 3 unspecified atom stereocenters. The molecule has 1 aliphatic heterocycles. The molecule has 0 radical (unpaired) electrons. The zero-order valence-corrected chi connectivity index (χ0v) is 10.1. The fourth-order valence-electron chi connectivity index (χ4n) is 2.38. The van der Waals surface area contributed by atoms with E-state index in [4.69, 9.17) is 0 Å². The standard InChI is InChI=1S/C12H23NO/c1-8(2)12(14)11-6-7-13(5)10(4)9(11)3/h8-11H,6-7H2,1-5H3. The first kappa shape index (κ1) is 11.7. The minimum absolute atomic E-state index is 0.193. The molecule has 0 aromatic heterocycles. The molecule has 14 heavy (non-hydrogen) atoms. The van der Waals surface area contributed by atoms with Crippen LogP contribution >= 0.6 is 0 Å². The van der Waals surface area contributed by atoms with Gasteiger partial charge in [-0.15, -0.1) is 0 Å². The van der Waals surface area contributed by atoms with E-state index in [9.17, 15) is 4.79 Å². The highest BCUT2D eigenvalue weighted by Gasteiger charge is 2.35. The summed E-state index contributed by atoms with van der Waals surface area (Å²) in [6, 6.07) is 0.538. The predicted octanol–water partition coefficient (Wildman–Crippen LogP) is 2.19. The van der Waals surface area contributed by atoms with Crippen LogP contribution in [0.3, 0.4) is 0 Å². The van der Waals surface area contributed by atoms with Crippen molar-refractivity contribution in [2.45, 2.75) is 40.2 Å². The molecular formula is C12H23NO. The first-order chi connectivity index (χ1) is 6.45. The van der Waals surface area contributed by atoms with E-state index in [1.54, 1.807) is 0 Å². The van der Waals surface area contributed by atoms with Gasteiger partial charge in [-0.25, -0.2) is 0 Å². The molecule has 0 bridgehead atoms. The minimum atomic E-state index is 0.193. The topological polar surface area (TPSA) is 20.3 Å². The van der Waals surface area contributed by atoms with E-state index < -0.39 is 0 Å². The lowest BCUT2D eigenvalue weighted by Gasteiger charge is -2.40. The van der Waals surface area contributed by atoms with Gasteiger partial charge >= 0.3 is 0 Å². The fraction of sp³-hybridized carbons (Fsp3) is 0.917. The zero-order valence-electron chi connectivity index (χ0n) is 10.1. The Labute approximate surface area is 87.7 Å². The summed E-state index contributed by atoms with van der Waals surface area (Å²) in [5.41, 5.74) is 0. The molecule has 2 heteroatoms. The molecule has 1 rings (SSSR count). The second kappa shape index (κ2) is 4.43. The van der Waals surface area contributed by atoms with Crippen molar-refractivity contribution in [2.75, 3.05) is 13.6 Å². The van der Waals surface area contributed by atoms with Crippen LogP contribution in [0, 0.1) is 17.8 Å². The van der Waals surface area contributed by atoms with E-state index in [0.29, 0.717) is 23.7 Å². The van der Waals surface area contributed by atoms with Crippen LogP contribution in [0.15, 0.2) is 0 Å². The summed E-state index contributed by atoms with van der Waals surface area (Å²) in [5, 5.41) is 0. The van der Waals surface area contributed by atoms with Crippen molar-refractivity contribution < 1.29 is 4.79 Å². The maximum atomic E-state index is 11.9. The van der Waals surface area contributed by atoms with E-state index in [1.165, 1.54) is 0 Å². The summed E-state index contributed by atoms with van der Waals surface area (Å²) in [6.45, 7) is 9.53. The van der Waals surface area contributed by atoms with Gasteiger partial charge in [0.1, 0.15) is 5.78 Å². The molecule has 2 nitrogen and oxygen atoms in total. The molecule has 1 saturated heterocycles.